The summed E-state index contributed by atoms with van der Waals surface area (Å²) in [7, 11) is 1.28. The topological polar surface area (TPSA) is 116 Å². The van der Waals surface area contributed by atoms with Gasteiger partial charge in [-0.1, -0.05) is 19.9 Å². The van der Waals surface area contributed by atoms with Crippen LogP contribution in [0.1, 0.15) is 68.2 Å². The third-order valence-electron chi connectivity index (χ3n) is 6.51. The number of methoxy groups -OCH3 is 1. The monoisotopic (exact) mass is 634 g/mol. The number of hydrogen-bond acceptors (Lipinski definition) is 7. The highest BCUT2D eigenvalue weighted by Crippen LogP contribution is 2.38. The molecule has 2 N–H and O–H groups in total. The fourth-order valence-electron chi connectivity index (χ4n) is 4.42. The fourth-order valence-corrected chi connectivity index (χ4v) is 4.42. The van der Waals surface area contributed by atoms with Gasteiger partial charge in [0.15, 0.2) is 11.5 Å². The largest absolute Gasteiger partial charge is 0.494 e. The lowest BCUT2D eigenvalue weighted by molar-refractivity contribution is -0.140. The van der Waals surface area contributed by atoms with Crippen LogP contribution in [0.4, 0.5) is 26.7 Å². The maximum atomic E-state index is 14.3. The molecule has 0 unspecified atom stereocenters. The highest BCUT2D eigenvalue weighted by molar-refractivity contribution is 5.98. The van der Waals surface area contributed by atoms with E-state index in [-0.39, 0.29) is 57.6 Å². The summed E-state index contributed by atoms with van der Waals surface area (Å²) >= 11 is 0. The summed E-state index contributed by atoms with van der Waals surface area (Å²) in [4.78, 5) is 34.4. The van der Waals surface area contributed by atoms with Gasteiger partial charge in [0, 0.05) is 29.1 Å². The molecule has 0 aliphatic heterocycles. The quantitative estimate of drug-likeness (QED) is 0.195. The highest BCUT2D eigenvalue weighted by atomic mass is 19.4. The average Bonchev–Trinajstić information content (AvgIpc) is 3.37. The van der Waals surface area contributed by atoms with Crippen LogP contribution in [-0.4, -0.2) is 34.7 Å². The van der Waals surface area contributed by atoms with Gasteiger partial charge >= 0.3 is 12.3 Å². The summed E-state index contributed by atoms with van der Waals surface area (Å²) in [6, 6.07) is 6.75. The minimum absolute atomic E-state index is 0.00463. The van der Waals surface area contributed by atoms with Gasteiger partial charge in [0.1, 0.15) is 34.2 Å². The third-order valence-corrected chi connectivity index (χ3v) is 6.51. The van der Waals surface area contributed by atoms with Crippen LogP contribution >= 0.6 is 0 Å². The maximum absolute atomic E-state index is 14.3. The molecule has 0 radical (unpaired) electrons. The Morgan fingerprint density at radius 2 is 1.71 bits per heavy atom. The van der Waals surface area contributed by atoms with Gasteiger partial charge in [0.2, 0.25) is 5.89 Å². The van der Waals surface area contributed by atoms with Crippen molar-refractivity contribution >= 4 is 22.9 Å². The molecule has 240 valence electrons. The van der Waals surface area contributed by atoms with Crippen molar-refractivity contribution < 1.29 is 45.4 Å². The average molecular weight is 635 g/mol. The predicted molar refractivity (Wildman–Crippen MR) is 153 cm³/mol. The smallest absolute Gasteiger partial charge is 0.433 e. The van der Waals surface area contributed by atoms with E-state index in [0.29, 0.717) is 6.07 Å². The van der Waals surface area contributed by atoms with Crippen LogP contribution in [0.25, 0.3) is 22.4 Å². The molecular formula is C31H31F5N4O5. The molecule has 2 amide bonds. The molecule has 45 heavy (non-hydrogen) atoms. The molecule has 14 heteroatoms. The van der Waals surface area contributed by atoms with Crippen LogP contribution < -0.4 is 15.4 Å². The number of carbonyl (C=O) groups excluding carboxylic acids is 2. The Kier molecular flexibility index (Phi) is 9.35. The molecule has 4 rings (SSSR count). The molecule has 0 saturated carbocycles. The van der Waals surface area contributed by atoms with E-state index in [4.69, 9.17) is 13.9 Å². The van der Waals surface area contributed by atoms with Gasteiger partial charge in [-0.25, -0.2) is 23.5 Å². The first-order chi connectivity index (χ1) is 21.0. The number of alkyl halides is 3. The molecule has 9 nitrogen and oxygen atoms in total. The number of halogens is 5. The van der Waals surface area contributed by atoms with Crippen LogP contribution in [0.15, 0.2) is 46.9 Å². The van der Waals surface area contributed by atoms with E-state index in [0.717, 1.165) is 12.1 Å². The van der Waals surface area contributed by atoms with Crippen molar-refractivity contribution in [2.45, 2.75) is 59.0 Å². The van der Waals surface area contributed by atoms with E-state index in [9.17, 15) is 31.5 Å². The molecule has 2 aromatic carbocycles. The van der Waals surface area contributed by atoms with Crippen LogP contribution in [0.5, 0.6) is 5.75 Å². The van der Waals surface area contributed by atoms with E-state index in [1.54, 1.807) is 34.6 Å². The number of nitrogens with zero attached hydrogens (tertiary/aromatic N) is 2. The summed E-state index contributed by atoms with van der Waals surface area (Å²) in [5.41, 5.74) is -2.23. The van der Waals surface area contributed by atoms with Crippen LogP contribution in [0.2, 0.25) is 0 Å². The Bertz CT molecular complexity index is 1730. The van der Waals surface area contributed by atoms with Crippen molar-refractivity contribution in [1.29, 1.82) is 0 Å². The molecule has 0 saturated heterocycles. The van der Waals surface area contributed by atoms with Gasteiger partial charge in [0.05, 0.1) is 13.2 Å². The lowest BCUT2D eigenvalue weighted by atomic mass is 10.00. The lowest BCUT2D eigenvalue weighted by Gasteiger charge is -2.25. The Morgan fingerprint density at radius 3 is 2.31 bits per heavy atom. The zero-order valence-corrected chi connectivity index (χ0v) is 25.2. The number of alkyl carbamates (subject to hydrolysis) is 1. The fraction of sp³-hybridized carbons (Fsp3) is 0.355. The molecule has 0 aliphatic carbocycles. The van der Waals surface area contributed by atoms with Gasteiger partial charge in [-0.15, -0.1) is 0 Å². The zero-order chi connectivity index (χ0) is 33.3. The summed E-state index contributed by atoms with van der Waals surface area (Å²) in [6.07, 6.45) is -5.53. The number of carbonyl (C=O) groups is 2. The van der Waals surface area contributed by atoms with Crippen molar-refractivity contribution in [2.75, 3.05) is 7.11 Å². The number of fused-ring (bicyclic) bond motifs is 1. The van der Waals surface area contributed by atoms with Gasteiger partial charge in [-0.2, -0.15) is 13.2 Å². The minimum Gasteiger partial charge on any atom is -0.494 e. The number of ether oxygens (including phenoxy) is 2. The van der Waals surface area contributed by atoms with Crippen LogP contribution in [0.3, 0.4) is 0 Å². The van der Waals surface area contributed by atoms with Crippen molar-refractivity contribution in [1.82, 2.24) is 20.6 Å². The van der Waals surface area contributed by atoms with Crippen molar-refractivity contribution in [3.8, 4) is 17.2 Å². The van der Waals surface area contributed by atoms with Gasteiger partial charge in [0.25, 0.3) is 5.91 Å². The summed E-state index contributed by atoms with van der Waals surface area (Å²) in [6.45, 7) is 8.16. The van der Waals surface area contributed by atoms with Gasteiger partial charge in [-0.3, -0.25) is 4.79 Å². The zero-order valence-electron chi connectivity index (χ0n) is 25.2. The molecule has 4 aromatic rings. The Balaban J connectivity index is 1.83. The van der Waals surface area contributed by atoms with Crippen LogP contribution in [0, 0.1) is 17.6 Å². The highest BCUT2D eigenvalue weighted by Gasteiger charge is 2.35. The number of pyridine rings is 1. The molecule has 0 bridgehead atoms. The molecular weight excluding hydrogens is 603 g/mol. The number of hydrogen-bond donors (Lipinski definition) is 2. The molecule has 2 heterocycles. The summed E-state index contributed by atoms with van der Waals surface area (Å²) in [5.74, 6) is -3.09. The summed E-state index contributed by atoms with van der Waals surface area (Å²) < 4.78 is 84.7. The Hall–Kier alpha value is -4.75. The van der Waals surface area contributed by atoms with E-state index in [1.807, 2.05) is 0 Å². The standard InChI is InChI=1S/C31H31F5N4O5/c1-15(2)23(40-29(42)45-30(3,4)5)26-25(27(41)37-14-16-7-8-17(32)13-20(16)33)39-28(44-26)19-9-11-21(43-6)24-18(19)10-12-22(38-24)31(34,35)36/h7-13,15,23H,14H2,1-6H3,(H,37,41)(H,40,42)/t23-/m0/s1. The maximum Gasteiger partial charge on any atom is 0.433 e. The number of nitrogens with one attached hydrogen (secondary N) is 2. The minimum atomic E-state index is -4.72. The molecule has 0 fully saturated rings. The van der Waals surface area contributed by atoms with E-state index in [2.05, 4.69) is 20.6 Å². The number of benzene rings is 2. The first-order valence-electron chi connectivity index (χ1n) is 13.8. The second kappa shape index (κ2) is 12.7. The lowest BCUT2D eigenvalue weighted by Crippen LogP contribution is -2.37. The van der Waals surface area contributed by atoms with Crippen LogP contribution in [-0.2, 0) is 17.5 Å². The van der Waals surface area contributed by atoms with Gasteiger partial charge < -0.3 is 24.5 Å². The van der Waals surface area contributed by atoms with Crippen molar-refractivity contribution in [3.63, 3.8) is 0 Å². The van der Waals surface area contributed by atoms with E-state index in [1.165, 1.54) is 31.4 Å². The van der Waals surface area contributed by atoms with E-state index >= 15 is 0 Å². The number of oxazole rings is 1. The second-order valence-corrected chi connectivity index (χ2v) is 11.4. The van der Waals surface area contributed by atoms with Gasteiger partial charge in [-0.05, 0) is 57.0 Å². The first kappa shape index (κ1) is 33.1. The Labute approximate surface area is 255 Å². The molecule has 0 aliphatic rings. The normalized spacial score (nSPS) is 12.7. The molecule has 0 spiro atoms. The number of rotatable bonds is 8. The summed E-state index contributed by atoms with van der Waals surface area (Å²) in [5, 5.41) is 5.38. The third kappa shape index (κ3) is 7.67. The Morgan fingerprint density at radius 1 is 1.00 bits per heavy atom. The number of amides is 2. The van der Waals surface area contributed by atoms with Crippen molar-refractivity contribution in [3.05, 3.63) is 76.8 Å². The first-order valence-corrected chi connectivity index (χ1v) is 13.8. The second-order valence-electron chi connectivity index (χ2n) is 11.4. The molecule has 1 atom stereocenters. The SMILES string of the molecule is COc1ccc(-c2nc(C(=O)NCc3ccc(F)cc3F)c([C@@H](NC(=O)OC(C)(C)C)C(C)C)o2)c2ccc(C(F)(F)F)nc12. The predicted octanol–water partition coefficient (Wildman–Crippen LogP) is 7.35. The molecule has 2 aromatic heterocycles. The number of aromatic nitrogens is 2. The van der Waals surface area contributed by atoms with Crippen molar-refractivity contribution in [2.24, 2.45) is 5.92 Å². The van der Waals surface area contributed by atoms with E-state index < -0.39 is 47.1 Å².